The van der Waals surface area contributed by atoms with Crippen LogP contribution in [0.4, 0.5) is 22.0 Å². The highest BCUT2D eigenvalue weighted by Crippen LogP contribution is 2.51. The van der Waals surface area contributed by atoms with E-state index in [1.54, 1.807) is 13.8 Å². The first-order chi connectivity index (χ1) is 14.8. The van der Waals surface area contributed by atoms with Crippen LogP contribution in [0, 0.1) is 5.92 Å². The van der Waals surface area contributed by atoms with E-state index in [9.17, 15) is 27.1 Å². The highest BCUT2D eigenvalue weighted by atomic mass is 19.4. The number of ether oxygens (including phenoxy) is 1. The zero-order valence-corrected chi connectivity index (χ0v) is 18.2. The third-order valence-electron chi connectivity index (χ3n) is 6.59. The Morgan fingerprint density at radius 2 is 1.91 bits per heavy atom. The van der Waals surface area contributed by atoms with Gasteiger partial charge in [-0.25, -0.2) is 13.8 Å². The van der Waals surface area contributed by atoms with Gasteiger partial charge in [-0.05, 0) is 45.6 Å². The quantitative estimate of drug-likeness (QED) is 0.620. The Labute approximate surface area is 182 Å². The minimum Gasteiger partial charge on any atom is -0.492 e. The van der Waals surface area contributed by atoms with Crippen LogP contribution in [-0.2, 0) is 6.18 Å². The van der Waals surface area contributed by atoms with Crippen molar-refractivity contribution < 1.29 is 31.8 Å². The van der Waals surface area contributed by atoms with Gasteiger partial charge in [-0.2, -0.15) is 13.2 Å². The number of alkyl halides is 5. The summed E-state index contributed by atoms with van der Waals surface area (Å²) in [5, 5.41) is 14.3. The number of nitrogens with zero attached hydrogens (tertiary/aromatic N) is 2. The molecule has 2 heterocycles. The molecule has 0 bridgehead atoms. The molecule has 32 heavy (non-hydrogen) atoms. The third kappa shape index (κ3) is 4.44. The number of halogens is 5. The van der Waals surface area contributed by atoms with Gasteiger partial charge in [-0.1, -0.05) is 0 Å². The molecule has 1 aliphatic heterocycles. The highest BCUT2D eigenvalue weighted by molar-refractivity contribution is 5.81. The summed E-state index contributed by atoms with van der Waals surface area (Å²) in [7, 11) is 0. The summed E-state index contributed by atoms with van der Waals surface area (Å²) in [4.78, 5) is 4.12. The smallest absolute Gasteiger partial charge is 0.418 e. The first-order valence-electron chi connectivity index (χ1n) is 10.8. The molecule has 5 nitrogen and oxygen atoms in total. The van der Waals surface area contributed by atoms with Crippen molar-refractivity contribution >= 4 is 11.0 Å². The van der Waals surface area contributed by atoms with E-state index in [0.29, 0.717) is 6.42 Å². The Morgan fingerprint density at radius 1 is 1.22 bits per heavy atom. The van der Waals surface area contributed by atoms with Crippen molar-refractivity contribution in [2.45, 2.75) is 82.3 Å². The normalized spacial score (nSPS) is 28.8. The Hall–Kier alpha value is -1.94. The molecule has 3 atom stereocenters. The zero-order chi connectivity index (χ0) is 23.5. The molecular weight excluding hydrogens is 433 g/mol. The number of aliphatic hydroxyl groups is 1. The van der Waals surface area contributed by atoms with Gasteiger partial charge in [-0.3, -0.25) is 0 Å². The number of fused-ring (bicyclic) bond motifs is 1. The van der Waals surface area contributed by atoms with Gasteiger partial charge in [0.2, 0.25) is 5.92 Å². The summed E-state index contributed by atoms with van der Waals surface area (Å²) >= 11 is 0. The number of nitrogens with one attached hydrogen (secondary N) is 1. The second-order valence-electron chi connectivity index (χ2n) is 9.63. The minimum absolute atomic E-state index is 0.00343. The molecule has 1 aliphatic carbocycles. The lowest BCUT2D eigenvalue weighted by atomic mass is 9.65. The third-order valence-corrected chi connectivity index (χ3v) is 6.59. The van der Waals surface area contributed by atoms with Crippen LogP contribution in [-0.4, -0.2) is 44.9 Å². The van der Waals surface area contributed by atoms with Crippen LogP contribution in [0.15, 0.2) is 18.5 Å². The van der Waals surface area contributed by atoms with Crippen molar-refractivity contribution in [2.24, 2.45) is 5.92 Å². The lowest BCUT2D eigenvalue weighted by Gasteiger charge is -2.50. The van der Waals surface area contributed by atoms with E-state index in [4.69, 9.17) is 4.74 Å². The number of hydrogen-bond acceptors (Lipinski definition) is 4. The van der Waals surface area contributed by atoms with Crippen molar-refractivity contribution in [3.05, 3.63) is 24.0 Å². The number of aromatic nitrogens is 2. The molecule has 3 unspecified atom stereocenters. The van der Waals surface area contributed by atoms with Gasteiger partial charge >= 0.3 is 6.18 Å². The Morgan fingerprint density at radius 3 is 2.50 bits per heavy atom. The van der Waals surface area contributed by atoms with Gasteiger partial charge in [0.1, 0.15) is 12.4 Å². The first kappa shape index (κ1) is 23.2. The molecule has 0 spiro atoms. The average molecular weight is 461 g/mol. The summed E-state index contributed by atoms with van der Waals surface area (Å²) in [6.45, 7) is 5.41. The van der Waals surface area contributed by atoms with Crippen molar-refractivity contribution in [3.8, 4) is 5.75 Å². The Kier molecular flexibility index (Phi) is 5.68. The van der Waals surface area contributed by atoms with Crippen LogP contribution in [0.2, 0.25) is 0 Å². The molecule has 1 aromatic carbocycles. The van der Waals surface area contributed by atoms with E-state index in [1.165, 1.54) is 17.0 Å². The minimum atomic E-state index is -4.59. The van der Waals surface area contributed by atoms with Gasteiger partial charge in [-0.15, -0.1) is 0 Å². The number of imidazole rings is 1. The van der Waals surface area contributed by atoms with E-state index in [2.05, 4.69) is 10.3 Å². The van der Waals surface area contributed by atoms with Crippen molar-refractivity contribution in [3.63, 3.8) is 0 Å². The van der Waals surface area contributed by atoms with Crippen LogP contribution in [0.1, 0.15) is 58.1 Å². The molecule has 10 heteroatoms. The van der Waals surface area contributed by atoms with Crippen LogP contribution < -0.4 is 10.1 Å². The van der Waals surface area contributed by atoms with E-state index in [0.717, 1.165) is 6.07 Å². The monoisotopic (exact) mass is 461 g/mol. The van der Waals surface area contributed by atoms with Crippen LogP contribution in [0.3, 0.4) is 0 Å². The summed E-state index contributed by atoms with van der Waals surface area (Å²) in [6.07, 6.45) is -3.33. The maximum atomic E-state index is 13.8. The number of rotatable bonds is 5. The maximum Gasteiger partial charge on any atom is 0.418 e. The second-order valence-corrected chi connectivity index (χ2v) is 9.63. The van der Waals surface area contributed by atoms with Crippen LogP contribution in [0.5, 0.6) is 5.75 Å². The fraction of sp³-hybridized carbons (Fsp3) is 0.682. The van der Waals surface area contributed by atoms with Crippen molar-refractivity contribution in [1.82, 2.24) is 14.9 Å². The van der Waals surface area contributed by atoms with Gasteiger partial charge in [0.15, 0.2) is 0 Å². The molecule has 0 amide bonds. The second kappa shape index (κ2) is 7.83. The fourth-order valence-electron chi connectivity index (χ4n) is 5.08. The topological polar surface area (TPSA) is 59.3 Å². The van der Waals surface area contributed by atoms with Gasteiger partial charge in [0, 0.05) is 37.0 Å². The fourth-order valence-corrected chi connectivity index (χ4v) is 5.08. The summed E-state index contributed by atoms with van der Waals surface area (Å²) in [6, 6.07) is 1.72. The number of hydrogen-bond donors (Lipinski definition) is 2. The van der Waals surface area contributed by atoms with Crippen molar-refractivity contribution in [1.29, 1.82) is 0 Å². The van der Waals surface area contributed by atoms with Crippen LogP contribution in [0.25, 0.3) is 11.0 Å². The van der Waals surface area contributed by atoms with E-state index in [-0.39, 0.29) is 60.8 Å². The standard InChI is InChI=1S/C22H28F5N3O2/c1-12(2)30-11-28-18-5-16(4-17(19(18)30)22(25,26)27)32-10-15-9-20(31,6-13(3)29-15)14-7-21(23,24)8-14/h4-5,11-15,29,31H,6-10H2,1-3H3. The lowest BCUT2D eigenvalue weighted by molar-refractivity contribution is -0.190. The van der Waals surface area contributed by atoms with E-state index >= 15 is 0 Å². The van der Waals surface area contributed by atoms with Gasteiger partial charge in [0.05, 0.1) is 28.5 Å². The molecule has 1 saturated heterocycles. The molecule has 4 rings (SSSR count). The summed E-state index contributed by atoms with van der Waals surface area (Å²) in [5.74, 6) is -3.20. The molecule has 1 aromatic heterocycles. The SMILES string of the molecule is CC1CC(O)(C2CC(F)(F)C2)CC(COc2cc(C(F)(F)F)c3c(c2)ncn3C(C)C)N1. The summed E-state index contributed by atoms with van der Waals surface area (Å²) < 4.78 is 75.1. The molecular formula is C22H28F5N3O2. The summed E-state index contributed by atoms with van der Waals surface area (Å²) in [5.41, 5.74) is -1.88. The number of piperidine rings is 1. The largest absolute Gasteiger partial charge is 0.492 e. The van der Waals surface area contributed by atoms with Crippen LogP contribution >= 0.6 is 0 Å². The van der Waals surface area contributed by atoms with E-state index in [1.807, 2.05) is 6.92 Å². The van der Waals surface area contributed by atoms with Gasteiger partial charge < -0.3 is 19.7 Å². The lowest BCUT2D eigenvalue weighted by Crippen LogP contribution is -2.60. The molecule has 1 saturated carbocycles. The van der Waals surface area contributed by atoms with Gasteiger partial charge in [0.25, 0.3) is 0 Å². The molecule has 178 valence electrons. The van der Waals surface area contributed by atoms with E-state index < -0.39 is 29.2 Å². The highest BCUT2D eigenvalue weighted by Gasteiger charge is 2.56. The predicted molar refractivity (Wildman–Crippen MR) is 109 cm³/mol. The zero-order valence-electron chi connectivity index (χ0n) is 18.2. The molecule has 0 radical (unpaired) electrons. The first-order valence-corrected chi connectivity index (χ1v) is 10.8. The maximum absolute atomic E-state index is 13.8. The molecule has 2 aromatic rings. The molecule has 2 fully saturated rings. The molecule has 2 aliphatic rings. The molecule has 2 N–H and O–H groups in total. The Balaban J connectivity index is 1.52. The number of benzene rings is 1. The predicted octanol–water partition coefficient (Wildman–Crippen LogP) is 4.93. The van der Waals surface area contributed by atoms with Crippen molar-refractivity contribution in [2.75, 3.05) is 6.61 Å². The Bertz CT molecular complexity index is 982. The average Bonchev–Trinajstić information content (AvgIpc) is 3.06.